The van der Waals surface area contributed by atoms with Crippen LogP contribution in [0.15, 0.2) is 36.5 Å². The summed E-state index contributed by atoms with van der Waals surface area (Å²) in [5.74, 6) is 1.73. The molecule has 2 aromatic rings. The van der Waals surface area contributed by atoms with Crippen LogP contribution in [0.25, 0.3) is 0 Å². The van der Waals surface area contributed by atoms with Crippen LogP contribution in [-0.2, 0) is 0 Å². The number of halogens is 1. The van der Waals surface area contributed by atoms with Gasteiger partial charge in [0.2, 0.25) is 0 Å². The van der Waals surface area contributed by atoms with E-state index >= 15 is 0 Å². The van der Waals surface area contributed by atoms with Crippen LogP contribution in [0.3, 0.4) is 0 Å². The molecule has 0 saturated heterocycles. The van der Waals surface area contributed by atoms with E-state index < -0.39 is 17.3 Å². The van der Waals surface area contributed by atoms with Gasteiger partial charge in [0.25, 0.3) is 5.91 Å². The van der Waals surface area contributed by atoms with Gasteiger partial charge in [-0.1, -0.05) is 5.92 Å². The van der Waals surface area contributed by atoms with Crippen LogP contribution in [0.2, 0.25) is 0 Å². The summed E-state index contributed by atoms with van der Waals surface area (Å²) in [6.07, 6.45) is 6.87. The van der Waals surface area contributed by atoms with E-state index in [1.54, 1.807) is 26.0 Å². The van der Waals surface area contributed by atoms with E-state index in [0.29, 0.717) is 5.69 Å². The van der Waals surface area contributed by atoms with E-state index in [4.69, 9.17) is 11.7 Å². The number of amides is 1. The first-order chi connectivity index (χ1) is 11.3. The second-order valence-corrected chi connectivity index (χ2v) is 5.59. The Balaban J connectivity index is 2.33. The fourth-order valence-electron chi connectivity index (χ4n) is 1.94. The van der Waals surface area contributed by atoms with Crippen LogP contribution in [-0.4, -0.2) is 16.4 Å². The molecule has 1 heterocycles. The van der Waals surface area contributed by atoms with Crippen LogP contribution in [0.4, 0.5) is 15.9 Å². The van der Waals surface area contributed by atoms with Crippen molar-refractivity contribution < 1.29 is 9.18 Å². The zero-order chi connectivity index (χ0) is 17.7. The maximum absolute atomic E-state index is 13.5. The Morgan fingerprint density at radius 1 is 1.38 bits per heavy atom. The van der Waals surface area contributed by atoms with Gasteiger partial charge >= 0.3 is 0 Å². The Morgan fingerprint density at radius 2 is 2.12 bits per heavy atom. The Labute approximate surface area is 139 Å². The minimum atomic E-state index is -0.822. The molecule has 2 N–H and O–H groups in total. The van der Waals surface area contributed by atoms with Crippen LogP contribution < -0.4 is 10.6 Å². The third-order valence-corrected chi connectivity index (χ3v) is 3.13. The Hall–Kier alpha value is -3.38. The summed E-state index contributed by atoms with van der Waals surface area (Å²) in [4.78, 5) is 16.5. The van der Waals surface area contributed by atoms with Crippen molar-refractivity contribution in [1.82, 2.24) is 10.3 Å². The highest BCUT2D eigenvalue weighted by atomic mass is 19.1. The number of hydrogen-bond donors (Lipinski definition) is 2. The molecule has 0 aliphatic rings. The second kappa shape index (κ2) is 6.80. The monoisotopic (exact) mass is 322 g/mol. The van der Waals surface area contributed by atoms with Gasteiger partial charge in [-0.05, 0) is 44.2 Å². The summed E-state index contributed by atoms with van der Waals surface area (Å²) >= 11 is 0. The second-order valence-electron chi connectivity index (χ2n) is 5.59. The summed E-state index contributed by atoms with van der Waals surface area (Å²) in [5, 5.41) is 14.5. The molecule has 0 aliphatic carbocycles. The molecular formula is C18H15FN4O. The molecule has 0 radical (unpaired) electrons. The Kier molecular flexibility index (Phi) is 4.81. The zero-order valence-electron chi connectivity index (χ0n) is 13.2. The quantitative estimate of drug-likeness (QED) is 0.848. The van der Waals surface area contributed by atoms with Gasteiger partial charge < -0.3 is 10.6 Å². The van der Waals surface area contributed by atoms with Gasteiger partial charge in [-0.25, -0.2) is 9.37 Å². The molecule has 0 spiro atoms. The fourth-order valence-corrected chi connectivity index (χ4v) is 1.94. The first-order valence-corrected chi connectivity index (χ1v) is 7.07. The molecule has 120 valence electrons. The van der Waals surface area contributed by atoms with Crippen molar-refractivity contribution in [3.05, 3.63) is 53.5 Å². The van der Waals surface area contributed by atoms with Crippen molar-refractivity contribution in [2.24, 2.45) is 0 Å². The molecule has 0 aliphatic heterocycles. The van der Waals surface area contributed by atoms with Gasteiger partial charge in [0.05, 0.1) is 22.7 Å². The predicted molar refractivity (Wildman–Crippen MR) is 89.0 cm³/mol. The summed E-state index contributed by atoms with van der Waals surface area (Å²) in [7, 11) is 0. The van der Waals surface area contributed by atoms with Crippen molar-refractivity contribution in [1.29, 1.82) is 5.26 Å². The number of benzene rings is 1. The topological polar surface area (TPSA) is 77.8 Å². The van der Waals surface area contributed by atoms with Gasteiger partial charge in [-0.2, -0.15) is 5.26 Å². The van der Waals surface area contributed by atoms with Gasteiger partial charge in [0.1, 0.15) is 11.6 Å². The van der Waals surface area contributed by atoms with Gasteiger partial charge in [-0.3, -0.25) is 4.79 Å². The molecule has 0 fully saturated rings. The molecular weight excluding hydrogens is 307 g/mol. The van der Waals surface area contributed by atoms with Crippen molar-refractivity contribution in [3.8, 4) is 18.4 Å². The standard InChI is InChI=1S/C18H15FN4O/c1-4-18(2,3)23-17(24)15-6-5-7-21-16(15)22-14-9-12(11-20)8-13(19)10-14/h1,5-10H,2-3H3,(H,21,22)(H,23,24). The minimum Gasteiger partial charge on any atom is -0.339 e. The molecule has 0 saturated carbocycles. The van der Waals surface area contributed by atoms with E-state index in [9.17, 15) is 9.18 Å². The van der Waals surface area contributed by atoms with E-state index in [2.05, 4.69) is 21.5 Å². The van der Waals surface area contributed by atoms with Crippen molar-refractivity contribution in [2.45, 2.75) is 19.4 Å². The number of carbonyl (C=O) groups excluding carboxylic acids is 1. The van der Waals surface area contributed by atoms with Gasteiger partial charge in [0.15, 0.2) is 0 Å². The lowest BCUT2D eigenvalue weighted by Gasteiger charge is -2.20. The van der Waals surface area contributed by atoms with E-state index in [1.165, 1.54) is 18.3 Å². The van der Waals surface area contributed by atoms with E-state index in [1.807, 2.05) is 6.07 Å². The molecule has 0 unspecified atom stereocenters. The molecule has 6 heteroatoms. The summed E-state index contributed by atoms with van der Waals surface area (Å²) in [5.41, 5.74) is -0.0937. The maximum Gasteiger partial charge on any atom is 0.256 e. The van der Waals surface area contributed by atoms with E-state index in [-0.39, 0.29) is 16.9 Å². The van der Waals surface area contributed by atoms with Crippen molar-refractivity contribution in [3.63, 3.8) is 0 Å². The molecule has 1 aromatic heterocycles. The molecule has 1 aromatic carbocycles. The van der Waals surface area contributed by atoms with Gasteiger partial charge in [-0.15, -0.1) is 6.42 Å². The first-order valence-electron chi connectivity index (χ1n) is 7.07. The largest absolute Gasteiger partial charge is 0.339 e. The number of hydrogen-bond acceptors (Lipinski definition) is 4. The molecule has 1 amide bonds. The van der Waals surface area contributed by atoms with Crippen LogP contribution in [0, 0.1) is 29.5 Å². The SMILES string of the molecule is C#CC(C)(C)NC(=O)c1cccnc1Nc1cc(F)cc(C#N)c1. The molecule has 5 nitrogen and oxygen atoms in total. The third kappa shape index (κ3) is 4.08. The number of nitriles is 1. The number of rotatable bonds is 4. The number of carbonyl (C=O) groups is 1. The van der Waals surface area contributed by atoms with E-state index in [0.717, 1.165) is 6.07 Å². The Morgan fingerprint density at radius 3 is 2.79 bits per heavy atom. The lowest BCUT2D eigenvalue weighted by Crippen LogP contribution is -2.42. The number of aromatic nitrogens is 1. The van der Waals surface area contributed by atoms with Crippen LogP contribution in [0.5, 0.6) is 0 Å². The highest BCUT2D eigenvalue weighted by Crippen LogP contribution is 2.21. The average molecular weight is 322 g/mol. The van der Waals surface area contributed by atoms with Crippen LogP contribution >= 0.6 is 0 Å². The highest BCUT2D eigenvalue weighted by Gasteiger charge is 2.20. The maximum atomic E-state index is 13.5. The smallest absolute Gasteiger partial charge is 0.256 e. The summed E-state index contributed by atoms with van der Waals surface area (Å²) in [6, 6.07) is 8.84. The lowest BCUT2D eigenvalue weighted by atomic mass is 10.1. The third-order valence-electron chi connectivity index (χ3n) is 3.13. The minimum absolute atomic E-state index is 0.160. The number of terminal acetylenes is 1. The first kappa shape index (κ1) is 17.0. The number of nitrogens with zero attached hydrogens (tertiary/aromatic N) is 2. The fraction of sp³-hybridized carbons (Fsp3) is 0.167. The Bertz CT molecular complexity index is 862. The van der Waals surface area contributed by atoms with Crippen LogP contribution in [0.1, 0.15) is 29.8 Å². The highest BCUT2D eigenvalue weighted by molar-refractivity contribution is 5.99. The average Bonchev–Trinajstić information content (AvgIpc) is 2.54. The zero-order valence-corrected chi connectivity index (χ0v) is 13.2. The summed E-state index contributed by atoms with van der Waals surface area (Å²) in [6.45, 7) is 3.39. The number of anilines is 2. The molecule has 24 heavy (non-hydrogen) atoms. The predicted octanol–water partition coefficient (Wildman–Crippen LogP) is 2.98. The number of nitrogens with one attached hydrogen (secondary N) is 2. The molecule has 0 bridgehead atoms. The normalized spacial score (nSPS) is 10.4. The molecule has 2 rings (SSSR count). The van der Waals surface area contributed by atoms with Crippen molar-refractivity contribution in [2.75, 3.05) is 5.32 Å². The molecule has 0 atom stereocenters. The number of pyridine rings is 1. The van der Waals surface area contributed by atoms with Gasteiger partial charge in [0, 0.05) is 11.9 Å². The van der Waals surface area contributed by atoms with Crippen molar-refractivity contribution >= 4 is 17.4 Å². The lowest BCUT2D eigenvalue weighted by molar-refractivity contribution is 0.0930. The summed E-state index contributed by atoms with van der Waals surface area (Å²) < 4.78 is 13.5.